The number of primary amides is 1. The Labute approximate surface area is 130 Å². The molecular formula is C16H22N2O4. The molecule has 2 N–H and O–H groups in total. The van der Waals surface area contributed by atoms with E-state index in [0.29, 0.717) is 39.0 Å². The normalized spacial score (nSPS) is 17.3. The molecule has 0 radical (unpaired) electrons. The van der Waals surface area contributed by atoms with Gasteiger partial charge in [-0.05, 0) is 37.1 Å². The number of methoxy groups -OCH3 is 1. The summed E-state index contributed by atoms with van der Waals surface area (Å²) in [7, 11) is 1.61. The molecule has 0 bridgehead atoms. The lowest BCUT2D eigenvalue weighted by molar-refractivity contribution is -0.130. The van der Waals surface area contributed by atoms with E-state index in [1.807, 2.05) is 24.3 Å². The van der Waals surface area contributed by atoms with Crippen LogP contribution in [-0.2, 0) is 9.59 Å². The molecular weight excluding hydrogens is 284 g/mol. The zero-order chi connectivity index (χ0) is 15.9. The molecule has 0 aromatic heterocycles. The van der Waals surface area contributed by atoms with Crippen molar-refractivity contribution in [2.75, 3.05) is 26.8 Å². The third kappa shape index (κ3) is 4.38. The molecule has 120 valence electrons. The minimum atomic E-state index is -0.321. The first-order valence-corrected chi connectivity index (χ1v) is 7.44. The number of nitrogens with zero attached hydrogens (tertiary/aromatic N) is 1. The van der Waals surface area contributed by atoms with Crippen molar-refractivity contribution in [3.63, 3.8) is 0 Å². The SMILES string of the molecule is COc1ccc(OCCCC(=O)N2CC[C@H](C(N)=O)C2)cc1. The fourth-order valence-electron chi connectivity index (χ4n) is 2.46. The van der Waals surface area contributed by atoms with Gasteiger partial charge in [0.2, 0.25) is 11.8 Å². The minimum absolute atomic E-state index is 0.0575. The molecule has 0 aliphatic carbocycles. The standard InChI is InChI=1S/C16H22N2O4/c1-21-13-4-6-14(7-5-13)22-10-2-3-15(19)18-9-8-12(11-18)16(17)20/h4-7,12H,2-3,8-11H2,1H3,(H2,17,20)/t12-/m0/s1. The van der Waals surface area contributed by atoms with E-state index in [1.165, 1.54) is 0 Å². The third-order valence-electron chi connectivity index (χ3n) is 3.81. The topological polar surface area (TPSA) is 81.9 Å². The Bertz CT molecular complexity index is 515. The van der Waals surface area contributed by atoms with E-state index in [-0.39, 0.29) is 17.7 Å². The highest BCUT2D eigenvalue weighted by atomic mass is 16.5. The Morgan fingerprint density at radius 2 is 1.95 bits per heavy atom. The van der Waals surface area contributed by atoms with Crippen LogP contribution >= 0.6 is 0 Å². The molecule has 1 saturated heterocycles. The number of carbonyl (C=O) groups excluding carboxylic acids is 2. The average Bonchev–Trinajstić information content (AvgIpc) is 3.02. The molecule has 6 heteroatoms. The van der Waals surface area contributed by atoms with Crippen LogP contribution in [0, 0.1) is 5.92 Å². The van der Waals surface area contributed by atoms with Crippen LogP contribution in [0.25, 0.3) is 0 Å². The van der Waals surface area contributed by atoms with E-state index in [4.69, 9.17) is 15.2 Å². The fraction of sp³-hybridized carbons (Fsp3) is 0.500. The number of hydrogen-bond donors (Lipinski definition) is 1. The van der Waals surface area contributed by atoms with Crippen LogP contribution in [0.2, 0.25) is 0 Å². The monoisotopic (exact) mass is 306 g/mol. The molecule has 1 aromatic carbocycles. The summed E-state index contributed by atoms with van der Waals surface area (Å²) in [4.78, 5) is 24.8. The van der Waals surface area contributed by atoms with Crippen LogP contribution in [-0.4, -0.2) is 43.5 Å². The van der Waals surface area contributed by atoms with Crippen LogP contribution in [0.4, 0.5) is 0 Å². The molecule has 22 heavy (non-hydrogen) atoms. The summed E-state index contributed by atoms with van der Waals surface area (Å²) in [6.45, 7) is 1.55. The Balaban J connectivity index is 1.66. The number of hydrogen-bond acceptors (Lipinski definition) is 4. The first kappa shape index (κ1) is 16.1. The van der Waals surface area contributed by atoms with Gasteiger partial charge >= 0.3 is 0 Å². The van der Waals surface area contributed by atoms with Gasteiger partial charge in [-0.25, -0.2) is 0 Å². The number of carbonyl (C=O) groups is 2. The molecule has 6 nitrogen and oxygen atoms in total. The zero-order valence-corrected chi connectivity index (χ0v) is 12.8. The lowest BCUT2D eigenvalue weighted by Gasteiger charge is -2.16. The van der Waals surface area contributed by atoms with E-state index in [9.17, 15) is 9.59 Å². The lowest BCUT2D eigenvalue weighted by Crippen LogP contribution is -2.31. The van der Waals surface area contributed by atoms with Crippen LogP contribution in [0.15, 0.2) is 24.3 Å². The Kier molecular flexibility index (Phi) is 5.63. The van der Waals surface area contributed by atoms with Crippen LogP contribution in [0.3, 0.4) is 0 Å². The summed E-state index contributed by atoms with van der Waals surface area (Å²) < 4.78 is 10.6. The minimum Gasteiger partial charge on any atom is -0.497 e. The maximum absolute atomic E-state index is 12.0. The van der Waals surface area contributed by atoms with Crippen molar-refractivity contribution >= 4 is 11.8 Å². The largest absolute Gasteiger partial charge is 0.497 e. The van der Waals surface area contributed by atoms with Gasteiger partial charge in [0.05, 0.1) is 19.6 Å². The van der Waals surface area contributed by atoms with Crippen molar-refractivity contribution in [1.82, 2.24) is 4.90 Å². The highest BCUT2D eigenvalue weighted by Crippen LogP contribution is 2.18. The number of nitrogens with two attached hydrogens (primary N) is 1. The summed E-state index contributed by atoms with van der Waals surface area (Å²) in [5.41, 5.74) is 5.26. The predicted molar refractivity (Wildman–Crippen MR) is 81.6 cm³/mol. The van der Waals surface area contributed by atoms with E-state index in [2.05, 4.69) is 0 Å². The van der Waals surface area contributed by atoms with Gasteiger partial charge in [-0.3, -0.25) is 9.59 Å². The first-order valence-electron chi connectivity index (χ1n) is 7.44. The van der Waals surface area contributed by atoms with Gasteiger partial charge in [0.15, 0.2) is 0 Å². The molecule has 1 aliphatic rings. The molecule has 0 spiro atoms. The summed E-state index contributed by atoms with van der Waals surface area (Å²) in [5, 5.41) is 0. The summed E-state index contributed by atoms with van der Waals surface area (Å²) in [6, 6.07) is 7.32. The quantitative estimate of drug-likeness (QED) is 0.767. The van der Waals surface area contributed by atoms with Crippen molar-refractivity contribution in [3.8, 4) is 11.5 Å². The van der Waals surface area contributed by atoms with E-state index in [1.54, 1.807) is 12.0 Å². The molecule has 2 rings (SSSR count). The molecule has 1 aromatic rings. The Morgan fingerprint density at radius 1 is 1.27 bits per heavy atom. The van der Waals surface area contributed by atoms with Crippen LogP contribution < -0.4 is 15.2 Å². The van der Waals surface area contributed by atoms with Crippen molar-refractivity contribution < 1.29 is 19.1 Å². The second-order valence-corrected chi connectivity index (χ2v) is 5.36. The van der Waals surface area contributed by atoms with Crippen LogP contribution in [0.5, 0.6) is 11.5 Å². The number of benzene rings is 1. The van der Waals surface area contributed by atoms with Gasteiger partial charge in [0.1, 0.15) is 11.5 Å². The predicted octanol–water partition coefficient (Wildman–Crippen LogP) is 1.19. The van der Waals surface area contributed by atoms with Gasteiger partial charge in [-0.1, -0.05) is 0 Å². The maximum atomic E-state index is 12.0. The summed E-state index contributed by atoms with van der Waals surface area (Å²) in [6.07, 6.45) is 1.73. The van der Waals surface area contributed by atoms with Crippen molar-refractivity contribution in [1.29, 1.82) is 0 Å². The summed E-state index contributed by atoms with van der Waals surface area (Å²) in [5.74, 6) is 1.07. The van der Waals surface area contributed by atoms with E-state index >= 15 is 0 Å². The number of ether oxygens (including phenoxy) is 2. The second-order valence-electron chi connectivity index (χ2n) is 5.36. The molecule has 2 amide bonds. The molecule has 1 heterocycles. The second kappa shape index (κ2) is 7.68. The number of rotatable bonds is 7. The maximum Gasteiger partial charge on any atom is 0.222 e. The third-order valence-corrected chi connectivity index (χ3v) is 3.81. The fourth-order valence-corrected chi connectivity index (χ4v) is 2.46. The molecule has 1 atom stereocenters. The molecule has 1 aliphatic heterocycles. The Hall–Kier alpha value is -2.24. The van der Waals surface area contributed by atoms with E-state index < -0.39 is 0 Å². The van der Waals surface area contributed by atoms with Gasteiger partial charge in [0.25, 0.3) is 0 Å². The smallest absolute Gasteiger partial charge is 0.222 e. The van der Waals surface area contributed by atoms with Gasteiger partial charge in [-0.2, -0.15) is 0 Å². The van der Waals surface area contributed by atoms with Crippen molar-refractivity contribution in [3.05, 3.63) is 24.3 Å². The average molecular weight is 306 g/mol. The zero-order valence-electron chi connectivity index (χ0n) is 12.8. The molecule has 1 fully saturated rings. The first-order chi connectivity index (χ1) is 10.6. The summed E-state index contributed by atoms with van der Waals surface area (Å²) >= 11 is 0. The van der Waals surface area contributed by atoms with Gasteiger partial charge in [0, 0.05) is 19.5 Å². The Morgan fingerprint density at radius 3 is 2.55 bits per heavy atom. The highest BCUT2D eigenvalue weighted by molar-refractivity contribution is 5.81. The lowest BCUT2D eigenvalue weighted by atomic mass is 10.1. The highest BCUT2D eigenvalue weighted by Gasteiger charge is 2.29. The van der Waals surface area contributed by atoms with Crippen molar-refractivity contribution in [2.24, 2.45) is 11.7 Å². The van der Waals surface area contributed by atoms with Gasteiger partial charge < -0.3 is 20.1 Å². The number of amides is 2. The number of likely N-dealkylation sites (tertiary alicyclic amines) is 1. The van der Waals surface area contributed by atoms with Crippen molar-refractivity contribution in [2.45, 2.75) is 19.3 Å². The van der Waals surface area contributed by atoms with Crippen LogP contribution in [0.1, 0.15) is 19.3 Å². The molecule has 0 saturated carbocycles. The van der Waals surface area contributed by atoms with Gasteiger partial charge in [-0.15, -0.1) is 0 Å². The molecule has 0 unspecified atom stereocenters. The van der Waals surface area contributed by atoms with E-state index in [0.717, 1.165) is 11.5 Å².